The molecule has 0 aromatic heterocycles. The Balaban J connectivity index is 2.06. The third-order valence-electron chi connectivity index (χ3n) is 3.96. The molecule has 1 aromatic carbocycles. The Kier molecular flexibility index (Phi) is 5.46. The SMILES string of the molecule is CN(CC1CCOCC1)C(CN)c1ccc(F)cc1F. The highest BCUT2D eigenvalue weighted by Gasteiger charge is 2.23. The fourth-order valence-electron chi connectivity index (χ4n) is 2.78. The van der Waals surface area contributed by atoms with E-state index in [1.54, 1.807) is 0 Å². The second-order valence-electron chi connectivity index (χ2n) is 5.41. The van der Waals surface area contributed by atoms with E-state index in [0.29, 0.717) is 18.0 Å². The normalized spacial score (nSPS) is 18.4. The average molecular weight is 284 g/mol. The van der Waals surface area contributed by atoms with Gasteiger partial charge in [0.1, 0.15) is 11.6 Å². The van der Waals surface area contributed by atoms with Gasteiger partial charge in [-0.3, -0.25) is 4.90 Å². The Labute approximate surface area is 118 Å². The Morgan fingerprint density at radius 2 is 2.05 bits per heavy atom. The monoisotopic (exact) mass is 284 g/mol. The molecule has 1 aromatic rings. The van der Waals surface area contributed by atoms with E-state index in [1.165, 1.54) is 12.1 Å². The summed E-state index contributed by atoms with van der Waals surface area (Å²) in [7, 11) is 1.94. The van der Waals surface area contributed by atoms with Crippen molar-refractivity contribution in [2.45, 2.75) is 18.9 Å². The van der Waals surface area contributed by atoms with Gasteiger partial charge >= 0.3 is 0 Å². The Bertz CT molecular complexity index is 436. The number of benzene rings is 1. The molecule has 1 aliphatic rings. The second-order valence-corrected chi connectivity index (χ2v) is 5.41. The maximum absolute atomic E-state index is 13.9. The van der Waals surface area contributed by atoms with E-state index < -0.39 is 11.6 Å². The molecule has 0 aliphatic carbocycles. The summed E-state index contributed by atoms with van der Waals surface area (Å²) in [4.78, 5) is 2.06. The van der Waals surface area contributed by atoms with Gasteiger partial charge in [0.05, 0.1) is 0 Å². The summed E-state index contributed by atoms with van der Waals surface area (Å²) in [6, 6.07) is 3.46. The van der Waals surface area contributed by atoms with Crippen molar-refractivity contribution in [3.05, 3.63) is 35.4 Å². The molecule has 1 fully saturated rings. The Morgan fingerprint density at radius 1 is 1.35 bits per heavy atom. The zero-order valence-electron chi connectivity index (χ0n) is 11.8. The number of likely N-dealkylation sites (N-methyl/N-ethyl adjacent to an activating group) is 1. The van der Waals surface area contributed by atoms with Crippen LogP contribution >= 0.6 is 0 Å². The van der Waals surface area contributed by atoms with Gasteiger partial charge in [0.25, 0.3) is 0 Å². The molecule has 1 saturated heterocycles. The number of hydrogen-bond donors (Lipinski definition) is 1. The Morgan fingerprint density at radius 3 is 2.65 bits per heavy atom. The van der Waals surface area contributed by atoms with Gasteiger partial charge in [-0.25, -0.2) is 8.78 Å². The summed E-state index contributed by atoms with van der Waals surface area (Å²) < 4.78 is 32.2. The van der Waals surface area contributed by atoms with Crippen molar-refractivity contribution in [1.29, 1.82) is 0 Å². The maximum Gasteiger partial charge on any atom is 0.130 e. The van der Waals surface area contributed by atoms with Gasteiger partial charge in [-0.15, -0.1) is 0 Å². The lowest BCUT2D eigenvalue weighted by atomic mass is 9.97. The summed E-state index contributed by atoms with van der Waals surface area (Å²) >= 11 is 0. The molecule has 112 valence electrons. The molecule has 2 N–H and O–H groups in total. The summed E-state index contributed by atoms with van der Waals surface area (Å²) in [6.45, 7) is 2.73. The molecule has 0 bridgehead atoms. The van der Waals surface area contributed by atoms with Crippen LogP contribution in [-0.4, -0.2) is 38.3 Å². The van der Waals surface area contributed by atoms with Crippen LogP contribution in [0.5, 0.6) is 0 Å². The number of halogens is 2. The lowest BCUT2D eigenvalue weighted by molar-refractivity contribution is 0.0505. The number of nitrogens with two attached hydrogens (primary N) is 1. The third kappa shape index (κ3) is 3.75. The molecule has 20 heavy (non-hydrogen) atoms. The van der Waals surface area contributed by atoms with Crippen LogP contribution in [0.3, 0.4) is 0 Å². The second kappa shape index (κ2) is 7.11. The number of rotatable bonds is 5. The molecule has 0 spiro atoms. The van der Waals surface area contributed by atoms with Crippen molar-refractivity contribution >= 4 is 0 Å². The number of nitrogens with zero attached hydrogens (tertiary/aromatic N) is 1. The minimum absolute atomic E-state index is 0.224. The highest BCUT2D eigenvalue weighted by Crippen LogP contribution is 2.25. The molecular weight excluding hydrogens is 262 g/mol. The van der Waals surface area contributed by atoms with Crippen LogP contribution < -0.4 is 5.73 Å². The lowest BCUT2D eigenvalue weighted by Crippen LogP contribution is -2.36. The van der Waals surface area contributed by atoms with Gasteiger partial charge in [0.2, 0.25) is 0 Å². The predicted molar refractivity (Wildman–Crippen MR) is 74.3 cm³/mol. The Hall–Kier alpha value is -1.04. The van der Waals surface area contributed by atoms with Gasteiger partial charge in [-0.1, -0.05) is 6.07 Å². The van der Waals surface area contributed by atoms with Crippen molar-refractivity contribution in [1.82, 2.24) is 4.90 Å². The molecule has 0 amide bonds. The van der Waals surface area contributed by atoms with Crippen molar-refractivity contribution in [3.63, 3.8) is 0 Å². The first-order chi connectivity index (χ1) is 9.61. The molecular formula is C15H22F2N2O. The summed E-state index contributed by atoms with van der Waals surface area (Å²) in [5.41, 5.74) is 6.25. The van der Waals surface area contributed by atoms with Crippen LogP contribution in [0.25, 0.3) is 0 Å². The average Bonchev–Trinajstić information content (AvgIpc) is 2.43. The van der Waals surface area contributed by atoms with Gasteiger partial charge in [0.15, 0.2) is 0 Å². The predicted octanol–water partition coefficient (Wildman–Crippen LogP) is 2.32. The molecule has 1 unspecified atom stereocenters. The maximum atomic E-state index is 13.9. The molecule has 0 radical (unpaired) electrons. The zero-order valence-corrected chi connectivity index (χ0v) is 11.8. The minimum Gasteiger partial charge on any atom is -0.381 e. The first-order valence-corrected chi connectivity index (χ1v) is 7.04. The first kappa shape index (κ1) is 15.4. The van der Waals surface area contributed by atoms with E-state index in [-0.39, 0.29) is 6.04 Å². The van der Waals surface area contributed by atoms with Gasteiger partial charge < -0.3 is 10.5 Å². The molecule has 0 saturated carbocycles. The quantitative estimate of drug-likeness (QED) is 0.902. The molecule has 5 heteroatoms. The number of hydrogen-bond acceptors (Lipinski definition) is 3. The van der Waals surface area contributed by atoms with Crippen molar-refractivity contribution < 1.29 is 13.5 Å². The molecule has 1 heterocycles. The van der Waals surface area contributed by atoms with E-state index in [0.717, 1.165) is 38.7 Å². The third-order valence-corrected chi connectivity index (χ3v) is 3.96. The van der Waals surface area contributed by atoms with Crippen LogP contribution in [-0.2, 0) is 4.74 Å². The van der Waals surface area contributed by atoms with Crippen molar-refractivity contribution in [3.8, 4) is 0 Å². The van der Waals surface area contributed by atoms with Crippen LogP contribution in [0.2, 0.25) is 0 Å². The molecule has 3 nitrogen and oxygen atoms in total. The standard InChI is InChI=1S/C15H22F2N2O/c1-19(10-11-4-6-20-7-5-11)15(9-18)13-3-2-12(16)8-14(13)17/h2-3,8,11,15H,4-7,9-10,18H2,1H3. The van der Waals surface area contributed by atoms with Crippen molar-refractivity contribution in [2.24, 2.45) is 11.7 Å². The van der Waals surface area contributed by atoms with Crippen LogP contribution in [0, 0.1) is 17.6 Å². The van der Waals surface area contributed by atoms with Crippen molar-refractivity contribution in [2.75, 3.05) is 33.4 Å². The largest absolute Gasteiger partial charge is 0.381 e. The summed E-state index contributed by atoms with van der Waals surface area (Å²) in [6.07, 6.45) is 2.04. The van der Waals surface area contributed by atoms with Gasteiger partial charge in [-0.05, 0) is 31.9 Å². The smallest absolute Gasteiger partial charge is 0.130 e. The van der Waals surface area contributed by atoms with E-state index in [9.17, 15) is 8.78 Å². The highest BCUT2D eigenvalue weighted by atomic mass is 19.1. The fourth-order valence-corrected chi connectivity index (χ4v) is 2.78. The molecule has 2 rings (SSSR count). The molecule has 1 aliphatic heterocycles. The zero-order chi connectivity index (χ0) is 14.5. The van der Waals surface area contributed by atoms with E-state index in [4.69, 9.17) is 10.5 Å². The van der Waals surface area contributed by atoms with Crippen LogP contribution in [0.4, 0.5) is 8.78 Å². The first-order valence-electron chi connectivity index (χ1n) is 7.04. The lowest BCUT2D eigenvalue weighted by Gasteiger charge is -2.32. The number of ether oxygens (including phenoxy) is 1. The fraction of sp³-hybridized carbons (Fsp3) is 0.600. The minimum atomic E-state index is -0.561. The highest BCUT2D eigenvalue weighted by molar-refractivity contribution is 5.22. The summed E-state index contributed by atoms with van der Waals surface area (Å²) in [5.74, 6) is -0.542. The topological polar surface area (TPSA) is 38.5 Å². The van der Waals surface area contributed by atoms with E-state index in [2.05, 4.69) is 4.90 Å². The van der Waals surface area contributed by atoms with E-state index >= 15 is 0 Å². The molecule has 1 atom stereocenters. The van der Waals surface area contributed by atoms with E-state index in [1.807, 2.05) is 7.05 Å². The van der Waals surface area contributed by atoms with Gasteiger partial charge in [0, 0.05) is 44.0 Å². The van der Waals surface area contributed by atoms with Crippen LogP contribution in [0.15, 0.2) is 18.2 Å². The summed E-state index contributed by atoms with van der Waals surface area (Å²) in [5, 5.41) is 0. The van der Waals surface area contributed by atoms with Gasteiger partial charge in [-0.2, -0.15) is 0 Å². The van der Waals surface area contributed by atoms with Crippen LogP contribution in [0.1, 0.15) is 24.4 Å².